The topological polar surface area (TPSA) is 73.9 Å². The molecule has 1 aliphatic carbocycles. The van der Waals surface area contributed by atoms with Gasteiger partial charge in [0.05, 0.1) is 16.5 Å². The van der Waals surface area contributed by atoms with Crippen LogP contribution in [0.4, 0.5) is 5.69 Å². The fourth-order valence-corrected chi connectivity index (χ4v) is 5.64. The summed E-state index contributed by atoms with van der Waals surface area (Å²) >= 11 is 4.84. The molecule has 8 heteroatoms. The minimum absolute atomic E-state index is 0.286. The average molecular weight is 524 g/mol. The van der Waals surface area contributed by atoms with Crippen molar-refractivity contribution < 1.29 is 23.8 Å². The molecule has 1 aromatic carbocycles. The molecule has 0 spiro atoms. The van der Waals surface area contributed by atoms with Gasteiger partial charge in [-0.3, -0.25) is 0 Å². The number of thiophene rings is 1. The first kappa shape index (κ1) is 24.6. The smallest absolute Gasteiger partial charge is 0.351 e. The van der Waals surface area contributed by atoms with Crippen molar-refractivity contribution in [2.45, 2.75) is 64.5 Å². The predicted molar refractivity (Wildman–Crippen MR) is 131 cm³/mol. The van der Waals surface area contributed by atoms with Crippen LogP contribution in [0, 0.1) is 0 Å². The van der Waals surface area contributed by atoms with E-state index in [0.29, 0.717) is 15.4 Å². The first-order valence-corrected chi connectivity index (χ1v) is 12.4. The molecule has 32 heavy (non-hydrogen) atoms. The Morgan fingerprint density at radius 2 is 1.91 bits per heavy atom. The van der Waals surface area contributed by atoms with E-state index in [-0.39, 0.29) is 12.4 Å². The second-order valence-electron chi connectivity index (χ2n) is 8.83. The van der Waals surface area contributed by atoms with Crippen LogP contribution < -0.4 is 10.1 Å². The lowest BCUT2D eigenvalue weighted by molar-refractivity contribution is -0.157. The number of rotatable bonds is 7. The van der Waals surface area contributed by atoms with Crippen LogP contribution in [0.25, 0.3) is 10.4 Å². The number of carbonyl (C=O) groups is 2. The molecule has 6 nitrogen and oxygen atoms in total. The Labute approximate surface area is 201 Å². The Morgan fingerprint density at radius 3 is 2.56 bits per heavy atom. The zero-order valence-electron chi connectivity index (χ0n) is 19.0. The highest BCUT2D eigenvalue weighted by molar-refractivity contribution is 9.10. The van der Waals surface area contributed by atoms with E-state index in [0.717, 1.165) is 16.1 Å². The molecular weight excluding hydrogens is 494 g/mol. The van der Waals surface area contributed by atoms with Gasteiger partial charge < -0.3 is 19.5 Å². The number of esters is 2. The van der Waals surface area contributed by atoms with Crippen molar-refractivity contribution in [3.8, 4) is 16.2 Å². The van der Waals surface area contributed by atoms with Gasteiger partial charge in [-0.15, -0.1) is 11.3 Å². The molecule has 1 heterocycles. The summed E-state index contributed by atoms with van der Waals surface area (Å²) in [4.78, 5) is 25.6. The van der Waals surface area contributed by atoms with Crippen LogP contribution >= 0.6 is 27.3 Å². The van der Waals surface area contributed by atoms with Gasteiger partial charge in [-0.05, 0) is 67.2 Å². The molecule has 0 radical (unpaired) electrons. The van der Waals surface area contributed by atoms with E-state index in [9.17, 15) is 9.59 Å². The van der Waals surface area contributed by atoms with E-state index in [1.807, 2.05) is 12.1 Å². The number of hydrogen-bond donors (Lipinski definition) is 1. The first-order chi connectivity index (χ1) is 15.2. The third-order valence-electron chi connectivity index (χ3n) is 5.03. The van der Waals surface area contributed by atoms with Crippen LogP contribution in [0.15, 0.2) is 28.7 Å². The van der Waals surface area contributed by atoms with E-state index < -0.39 is 17.5 Å². The Hall–Kier alpha value is -2.06. The van der Waals surface area contributed by atoms with Crippen molar-refractivity contribution in [3.63, 3.8) is 0 Å². The molecule has 0 unspecified atom stereocenters. The number of hydrogen-bond acceptors (Lipinski definition) is 7. The van der Waals surface area contributed by atoms with Gasteiger partial charge in [0.2, 0.25) is 0 Å². The molecule has 0 aliphatic heterocycles. The summed E-state index contributed by atoms with van der Waals surface area (Å²) in [5.41, 5.74) is 1.37. The van der Waals surface area contributed by atoms with Crippen molar-refractivity contribution in [2.24, 2.45) is 0 Å². The lowest BCUT2D eigenvalue weighted by atomic mass is 9.95. The fourth-order valence-electron chi connectivity index (χ4n) is 3.67. The van der Waals surface area contributed by atoms with E-state index in [1.54, 1.807) is 20.8 Å². The molecule has 1 saturated carbocycles. The number of halogens is 1. The number of ether oxygens (including phenoxy) is 3. The zero-order valence-corrected chi connectivity index (χ0v) is 21.4. The molecule has 1 N–H and O–H groups in total. The van der Waals surface area contributed by atoms with Crippen LogP contribution in [0.3, 0.4) is 0 Å². The van der Waals surface area contributed by atoms with E-state index >= 15 is 0 Å². The lowest BCUT2D eigenvalue weighted by Crippen LogP contribution is -2.27. The quantitative estimate of drug-likeness (QED) is 0.421. The van der Waals surface area contributed by atoms with Crippen molar-refractivity contribution in [1.29, 1.82) is 0 Å². The van der Waals surface area contributed by atoms with Gasteiger partial charge in [-0.2, -0.15) is 0 Å². The van der Waals surface area contributed by atoms with Crippen LogP contribution in [0.2, 0.25) is 0 Å². The summed E-state index contributed by atoms with van der Waals surface area (Å²) in [5, 5.41) is 3.63. The Balaban J connectivity index is 1.84. The molecule has 1 aliphatic rings. The molecule has 2 aromatic rings. The highest BCUT2D eigenvalue weighted by Gasteiger charge is 2.26. The monoisotopic (exact) mass is 523 g/mol. The van der Waals surface area contributed by atoms with Crippen LogP contribution in [0.1, 0.15) is 62.5 Å². The third-order valence-corrected chi connectivity index (χ3v) is 7.25. The average Bonchev–Trinajstić information content (AvgIpc) is 3.07. The number of carbonyl (C=O) groups excluding carboxylic acids is 2. The van der Waals surface area contributed by atoms with Crippen LogP contribution in [-0.2, 0) is 14.3 Å². The predicted octanol–water partition coefficient (Wildman–Crippen LogP) is 6.43. The molecule has 1 aromatic heterocycles. The van der Waals surface area contributed by atoms with Gasteiger partial charge in [-0.1, -0.05) is 31.4 Å². The molecule has 174 valence electrons. The molecule has 1 fully saturated rings. The highest BCUT2D eigenvalue weighted by Crippen LogP contribution is 2.46. The Bertz CT molecular complexity index is 960. The zero-order chi connectivity index (χ0) is 23.3. The summed E-state index contributed by atoms with van der Waals surface area (Å²) in [6.45, 7) is 5.06. The maximum absolute atomic E-state index is 12.4. The Morgan fingerprint density at radius 1 is 1.19 bits per heavy atom. The van der Waals surface area contributed by atoms with Crippen molar-refractivity contribution >= 4 is 44.9 Å². The van der Waals surface area contributed by atoms with Gasteiger partial charge >= 0.3 is 11.9 Å². The lowest BCUT2D eigenvalue weighted by Gasteiger charge is -2.24. The molecular formula is C24H30BrNO5S. The second kappa shape index (κ2) is 10.7. The molecule has 0 atom stereocenters. The number of methoxy groups -OCH3 is 1. The molecule has 3 rings (SSSR count). The van der Waals surface area contributed by atoms with Crippen molar-refractivity contribution in [2.75, 3.05) is 19.0 Å². The van der Waals surface area contributed by atoms with E-state index in [1.165, 1.54) is 50.6 Å². The minimum atomic E-state index is -0.617. The van der Waals surface area contributed by atoms with E-state index in [4.69, 9.17) is 14.2 Å². The normalized spacial score (nSPS) is 14.7. The van der Waals surface area contributed by atoms with E-state index in [2.05, 4.69) is 33.4 Å². The standard InChI is InChI=1S/C24H30BrNO5S/c1-24(2,3)31-18(27)14-30-20-19(25)21(32-22(20)23(28)29-4)15-9-8-12-17(13-15)26-16-10-6-5-7-11-16/h8-9,12-13,16,26H,5-7,10-11,14H2,1-4H3. The Kier molecular flexibility index (Phi) is 8.22. The summed E-state index contributed by atoms with van der Waals surface area (Å²) in [5.74, 6) is -0.738. The van der Waals surface area contributed by atoms with Gasteiger partial charge in [0, 0.05) is 11.7 Å². The van der Waals surface area contributed by atoms with Gasteiger partial charge in [0.15, 0.2) is 17.2 Å². The summed E-state index contributed by atoms with van der Waals surface area (Å²) < 4.78 is 16.6. The summed E-state index contributed by atoms with van der Waals surface area (Å²) in [6, 6.07) is 8.60. The third kappa shape index (κ3) is 6.48. The maximum Gasteiger partial charge on any atom is 0.351 e. The molecule has 0 bridgehead atoms. The van der Waals surface area contributed by atoms with Crippen LogP contribution in [0.5, 0.6) is 5.75 Å². The molecule has 0 amide bonds. The largest absolute Gasteiger partial charge is 0.479 e. The maximum atomic E-state index is 12.4. The van der Waals surface area contributed by atoms with Crippen molar-refractivity contribution in [3.05, 3.63) is 33.6 Å². The SMILES string of the molecule is COC(=O)c1sc(-c2cccc(NC3CCCCC3)c2)c(Br)c1OCC(=O)OC(C)(C)C. The summed E-state index contributed by atoms with van der Waals surface area (Å²) in [7, 11) is 1.32. The molecule has 0 saturated heterocycles. The number of nitrogens with one attached hydrogen (secondary N) is 1. The van der Waals surface area contributed by atoms with Crippen molar-refractivity contribution in [1.82, 2.24) is 0 Å². The first-order valence-electron chi connectivity index (χ1n) is 10.8. The van der Waals surface area contributed by atoms with Gasteiger partial charge in [0.1, 0.15) is 5.60 Å². The van der Waals surface area contributed by atoms with Gasteiger partial charge in [-0.25, -0.2) is 9.59 Å². The highest BCUT2D eigenvalue weighted by atomic mass is 79.9. The van der Waals surface area contributed by atoms with Gasteiger partial charge in [0.25, 0.3) is 0 Å². The second-order valence-corrected chi connectivity index (χ2v) is 10.6. The number of benzene rings is 1. The summed E-state index contributed by atoms with van der Waals surface area (Å²) in [6.07, 6.45) is 6.19. The number of anilines is 1. The minimum Gasteiger partial charge on any atom is -0.479 e. The van der Waals surface area contributed by atoms with Crippen LogP contribution in [-0.4, -0.2) is 37.3 Å². The fraction of sp³-hybridized carbons (Fsp3) is 0.500.